The fourth-order valence-corrected chi connectivity index (χ4v) is 18.9. The summed E-state index contributed by atoms with van der Waals surface area (Å²) in [5, 5.41) is -5.23. The van der Waals surface area contributed by atoms with Crippen LogP contribution in [0.15, 0.2) is 233 Å². The Morgan fingerprint density at radius 2 is 0.307 bits per heavy atom. The number of ether oxygens (including phenoxy) is 8. The van der Waals surface area contributed by atoms with Crippen LogP contribution in [0.5, 0.6) is 92.0 Å². The Bertz CT molecular complexity index is 7870. The number of hydrogen-bond donors (Lipinski definition) is 0. The van der Waals surface area contributed by atoms with E-state index in [9.17, 15) is 67.3 Å². The second-order valence-electron chi connectivity index (χ2n) is 30.4. The molecule has 2 aliphatic rings. The van der Waals surface area contributed by atoms with Gasteiger partial charge in [0.25, 0.3) is 0 Å². The molecule has 2 aliphatic heterocycles. The molecule has 12 aromatic carbocycles. The number of nitrogens with zero attached hydrogens (tertiary/aromatic N) is 8. The molecule has 0 saturated heterocycles. The average molecular weight is 2080 g/mol. The normalized spacial score (nSPS) is 12.5. The maximum atomic E-state index is 19.3. The molecular weight excluding hydrogens is 2030 g/mol. The number of benzene rings is 12. The van der Waals surface area contributed by atoms with Gasteiger partial charge in [-0.1, -0.05) is 0 Å². The first-order valence-electron chi connectivity index (χ1n) is 38.5. The molecule has 0 amide bonds. The smallest absolute Gasteiger partial charge is 0.450 e. The number of sulfone groups is 8. The number of fused-ring (bicyclic) bond motifs is 20. The third-order valence-corrected chi connectivity index (χ3v) is 29.5. The summed E-state index contributed by atoms with van der Waals surface area (Å²) in [5.74, 6) is -35.3. The summed E-state index contributed by atoms with van der Waals surface area (Å²) >= 11 is 0. The largest absolute Gasteiger partial charge is 2.00 e. The molecule has 0 aliphatic carbocycles. The zero-order chi connectivity index (χ0) is 97.7. The number of rotatable bonds is 24. The molecule has 698 valence electrons. The van der Waals surface area contributed by atoms with Gasteiger partial charge in [-0.05, 0) is 194 Å². The van der Waals surface area contributed by atoms with E-state index < -0.39 is 307 Å². The van der Waals surface area contributed by atoms with Gasteiger partial charge in [0.15, 0.2) is 125 Å². The van der Waals surface area contributed by atoms with Crippen LogP contribution in [-0.4, -0.2) is 147 Å². The molecule has 0 spiro atoms. The van der Waals surface area contributed by atoms with Crippen LogP contribution in [0.3, 0.4) is 0 Å². The summed E-state index contributed by atoms with van der Waals surface area (Å²) in [6, 6.07) is 31.0. The second-order valence-corrected chi connectivity index (χ2v) is 46.5. The van der Waals surface area contributed by atoms with Crippen molar-refractivity contribution in [2.24, 2.45) is 0 Å². The Morgan fingerprint density at radius 3 is 0.423 bits per heavy atom. The molecule has 8 bridgehead atoms. The predicted octanol–water partition coefficient (Wildman–Crippen LogP) is 16.8. The topological polar surface area (TPSA) is 452 Å². The monoisotopic (exact) mass is 2080 g/mol. The number of halogens is 8. The van der Waals surface area contributed by atoms with E-state index in [0.717, 1.165) is 244 Å². The third kappa shape index (κ3) is 18.8. The average Bonchev–Trinajstić information content (AvgIpc) is 1.56. The van der Waals surface area contributed by atoms with E-state index in [-0.39, 0.29) is 58.6 Å². The first-order chi connectivity index (χ1) is 63.7. The minimum Gasteiger partial charge on any atom is -0.450 e. The van der Waals surface area contributed by atoms with Crippen LogP contribution < -0.4 is 47.9 Å². The number of hydrogen-bond acceptors (Lipinski definition) is 30. The second kappa shape index (κ2) is 35.0. The maximum Gasteiger partial charge on any atom is 2.00 e. The van der Waals surface area contributed by atoms with Crippen molar-refractivity contribution >= 4 is 123 Å². The van der Waals surface area contributed by atoms with Crippen LogP contribution in [0, 0.1) is 46.5 Å². The third-order valence-electron chi connectivity index (χ3n) is 20.4. The Labute approximate surface area is 784 Å². The molecule has 15 aromatic rings. The molecule has 3 aromatic heterocycles. The van der Waals surface area contributed by atoms with Crippen molar-refractivity contribution in [3.05, 3.63) is 241 Å². The van der Waals surface area contributed by atoms with Crippen molar-refractivity contribution in [1.29, 1.82) is 0 Å². The van der Waals surface area contributed by atoms with E-state index in [4.69, 9.17) is 37.9 Å². The molecule has 0 saturated carbocycles. The molecule has 0 unspecified atom stereocenters. The fourth-order valence-electron chi connectivity index (χ4n) is 13.9. The molecule has 49 heteroatoms. The van der Waals surface area contributed by atoms with E-state index in [0.29, 0.717) is 0 Å². The molecule has 32 nitrogen and oxygen atoms in total. The van der Waals surface area contributed by atoms with Gasteiger partial charge < -0.3 is 67.8 Å². The minimum atomic E-state index is -4.03. The van der Waals surface area contributed by atoms with E-state index in [1.54, 1.807) is 0 Å². The van der Waals surface area contributed by atoms with Gasteiger partial charge >= 0.3 is 19.5 Å². The van der Waals surface area contributed by atoms with Gasteiger partial charge in [-0.2, -0.15) is 0 Å². The van der Waals surface area contributed by atoms with Gasteiger partial charge in [-0.3, -0.25) is 0 Å². The summed E-state index contributed by atoms with van der Waals surface area (Å²) in [7, 11) is -32.2. The Kier molecular flexibility index (Phi) is 24.6. The molecule has 0 N–H and O–H groups in total. The van der Waals surface area contributed by atoms with Gasteiger partial charge in [-0.25, -0.2) is 112 Å². The number of aromatic nitrogens is 8. The van der Waals surface area contributed by atoms with Crippen LogP contribution in [0.25, 0.3) is 89.7 Å². The molecule has 5 heterocycles. The summed E-state index contributed by atoms with van der Waals surface area (Å²) < 4.78 is 408. The first kappa shape index (κ1) is 96.2. The van der Waals surface area contributed by atoms with Crippen LogP contribution in [0.2, 0.25) is 0 Å². The Balaban J connectivity index is 0.0000136. The molecule has 0 fully saturated rings. The fraction of sp³-hybridized carbons (Fsp3) is 0.0909. The zero-order valence-corrected chi connectivity index (χ0v) is 80.3. The van der Waals surface area contributed by atoms with Crippen molar-refractivity contribution < 1.29 is 160 Å². The maximum absolute atomic E-state index is 19.3. The SMILES string of the molecule is CS(=O)(=O)c1ccc(Oc2c(F)c3c(c(F)c2Oc2ccc(S(C)(=O)=O)cc2)-c2nc-3nc3[n-]c(nc4nc(nc5[n-]c(n2)c2c(F)c(Oc6ccc(S(C)(=O)=O)cc6)c(Oc6ccc(S(C)(=O)=O)cc6)c(F)c52)-c2c(F)c(Oc5ccc(S(C)(=O)=O)cc5)c(Oc5ccc(S(C)(=O)=O)cc5)c(F)c2-4)c2c(F)c(Oc4ccc(S(C)(=O)=O)cc4)c(Oc4ccc(S(C)(=O)=O)cc4)c(F)c32)cc1.[Zn+2]. The molecule has 0 radical (unpaired) electrons. The van der Waals surface area contributed by atoms with Crippen molar-refractivity contribution in [1.82, 2.24) is 39.9 Å². The molecular formula is C88H56F8N8O24S8Zn. The first-order valence-corrected chi connectivity index (χ1v) is 53.6. The van der Waals surface area contributed by atoms with E-state index >= 15 is 35.1 Å². The molecule has 17 rings (SSSR count). The van der Waals surface area contributed by atoms with Crippen LogP contribution in [-0.2, 0) is 98.2 Å². The zero-order valence-electron chi connectivity index (χ0n) is 70.8. The van der Waals surface area contributed by atoms with Crippen molar-refractivity contribution in [2.45, 2.75) is 39.2 Å². The predicted molar refractivity (Wildman–Crippen MR) is 471 cm³/mol. The van der Waals surface area contributed by atoms with Gasteiger partial charge in [0.1, 0.15) is 46.0 Å². The Hall–Kier alpha value is -13.9. The minimum absolute atomic E-state index is 0. The van der Waals surface area contributed by atoms with E-state index in [1.165, 1.54) is 0 Å². The van der Waals surface area contributed by atoms with Crippen LogP contribution in [0.1, 0.15) is 0 Å². The van der Waals surface area contributed by atoms with Crippen LogP contribution in [0.4, 0.5) is 35.1 Å². The van der Waals surface area contributed by atoms with Gasteiger partial charge in [0, 0.05) is 94.2 Å². The van der Waals surface area contributed by atoms with E-state index in [2.05, 4.69) is 39.9 Å². The molecule has 137 heavy (non-hydrogen) atoms. The van der Waals surface area contributed by atoms with Crippen molar-refractivity contribution in [3.63, 3.8) is 0 Å². The van der Waals surface area contributed by atoms with Gasteiger partial charge in [0.2, 0.25) is 46.0 Å². The standard InChI is InChI=1S/C88H56F8N8O24S8.Zn/c1-129(105,106)49-25-9-41(10-26-49)121-73-65(89)57-58(66(90)74(73)122-42-11-27-50(28-12-42)130(2,107)108)82-97-81(57)101-83-59-60(68(92)76(124-44-15-31-52(32-16-44)132(4,111)112)75(67(59)91)123-43-13-29-51(30-14-43)131(3,109)110)85(98-83)103-87-63-64(72(96)80(128-48-23-39-56(40-24-48)136(8,119)120)79(71(63)95)127-47-21-37-55(38-22-47)135(7,117)118)88(100-87)104-86-62-61(84(99-86)102-82)69(93)77(125-45-17-33-53(34-18-45)133(5,113)114)78(70(62)94)126-46-19-35-54(36-20-46)134(6,115)116;/h9-40H,1-8H3;/q-2;+2. The summed E-state index contributed by atoms with van der Waals surface area (Å²) in [4.78, 5) is 32.6. The Morgan fingerprint density at radius 1 is 0.190 bits per heavy atom. The van der Waals surface area contributed by atoms with E-state index in [1.807, 2.05) is 0 Å². The summed E-state index contributed by atoms with van der Waals surface area (Å²) in [6.07, 6.45) is 6.61. The van der Waals surface area contributed by atoms with Crippen molar-refractivity contribution in [2.75, 3.05) is 50.0 Å². The van der Waals surface area contributed by atoms with Gasteiger partial charge in [-0.15, -0.1) is 0 Å². The van der Waals surface area contributed by atoms with Crippen molar-refractivity contribution in [3.8, 4) is 138 Å². The molecule has 0 atom stereocenters. The van der Waals surface area contributed by atoms with Crippen LogP contribution >= 0.6 is 0 Å². The summed E-state index contributed by atoms with van der Waals surface area (Å²) in [6.45, 7) is 0. The van der Waals surface area contributed by atoms with Gasteiger partial charge in [0.05, 0.1) is 84.7 Å². The quantitative estimate of drug-likeness (QED) is 0.0400. The summed E-state index contributed by atoms with van der Waals surface area (Å²) in [5.41, 5.74) is -10.5.